The summed E-state index contributed by atoms with van der Waals surface area (Å²) in [6.07, 6.45) is -0.568. The molecule has 0 aliphatic heterocycles. The number of rotatable bonds is 6. The number of nitrogens with one attached hydrogen (secondary N) is 2. The van der Waals surface area contributed by atoms with Gasteiger partial charge in [-0.1, -0.05) is 6.92 Å². The minimum Gasteiger partial charge on any atom is -0.479 e. The van der Waals surface area contributed by atoms with Crippen molar-refractivity contribution in [1.29, 1.82) is 0 Å². The summed E-state index contributed by atoms with van der Waals surface area (Å²) < 4.78 is 0. The number of urea groups is 1. The predicted molar refractivity (Wildman–Crippen MR) is 50.0 cm³/mol. The molecule has 0 saturated heterocycles. The highest BCUT2D eigenvalue weighted by molar-refractivity contribution is 5.74. The third-order valence-electron chi connectivity index (χ3n) is 1.52. The largest absolute Gasteiger partial charge is 0.479 e. The SMILES string of the molecule is CCCNC(=O)NCCC(O)C(=O)O. The van der Waals surface area contributed by atoms with E-state index >= 15 is 0 Å². The Labute approximate surface area is 82.3 Å². The lowest BCUT2D eigenvalue weighted by Crippen LogP contribution is -2.38. The van der Waals surface area contributed by atoms with Crippen LogP contribution in [-0.2, 0) is 4.79 Å². The molecular weight excluding hydrogens is 188 g/mol. The van der Waals surface area contributed by atoms with Gasteiger partial charge in [0.05, 0.1) is 0 Å². The second kappa shape index (κ2) is 7.14. The predicted octanol–water partition coefficient (Wildman–Crippen LogP) is -0.469. The van der Waals surface area contributed by atoms with E-state index in [9.17, 15) is 9.59 Å². The molecule has 0 aliphatic carbocycles. The Bertz CT molecular complexity index is 196. The topological polar surface area (TPSA) is 98.7 Å². The van der Waals surface area contributed by atoms with E-state index < -0.39 is 12.1 Å². The molecule has 0 bridgehead atoms. The Morgan fingerprint density at radius 1 is 1.29 bits per heavy atom. The molecule has 0 radical (unpaired) electrons. The summed E-state index contributed by atoms with van der Waals surface area (Å²) in [5.41, 5.74) is 0. The molecule has 2 amide bonds. The van der Waals surface area contributed by atoms with Crippen LogP contribution < -0.4 is 10.6 Å². The molecular formula is C8H16N2O4. The summed E-state index contributed by atoms with van der Waals surface area (Å²) in [6.45, 7) is 2.64. The summed E-state index contributed by atoms with van der Waals surface area (Å²) in [5, 5.41) is 22.1. The molecule has 0 aromatic carbocycles. The van der Waals surface area contributed by atoms with Gasteiger partial charge in [-0.15, -0.1) is 0 Å². The normalized spacial score (nSPS) is 11.9. The van der Waals surface area contributed by atoms with E-state index in [-0.39, 0.29) is 19.0 Å². The number of aliphatic hydroxyl groups excluding tert-OH is 1. The molecule has 0 rings (SSSR count). The number of carbonyl (C=O) groups excluding carboxylic acids is 1. The van der Waals surface area contributed by atoms with Crippen LogP contribution in [-0.4, -0.2) is 41.4 Å². The Balaban J connectivity index is 3.44. The number of carbonyl (C=O) groups is 2. The van der Waals surface area contributed by atoms with E-state index in [2.05, 4.69) is 10.6 Å². The van der Waals surface area contributed by atoms with Gasteiger partial charge in [0, 0.05) is 19.5 Å². The van der Waals surface area contributed by atoms with E-state index in [0.717, 1.165) is 6.42 Å². The van der Waals surface area contributed by atoms with Crippen LogP contribution in [0, 0.1) is 0 Å². The van der Waals surface area contributed by atoms with Crippen LogP contribution in [0.5, 0.6) is 0 Å². The third-order valence-corrected chi connectivity index (χ3v) is 1.52. The van der Waals surface area contributed by atoms with Gasteiger partial charge in [-0.3, -0.25) is 0 Å². The van der Waals surface area contributed by atoms with Crippen molar-refractivity contribution < 1.29 is 19.8 Å². The summed E-state index contributed by atoms with van der Waals surface area (Å²) in [6, 6.07) is -0.343. The minimum absolute atomic E-state index is 0.00881. The number of hydrogen-bond donors (Lipinski definition) is 4. The molecule has 0 aliphatic rings. The van der Waals surface area contributed by atoms with Gasteiger partial charge in [0.25, 0.3) is 0 Å². The van der Waals surface area contributed by atoms with E-state index in [4.69, 9.17) is 10.2 Å². The highest BCUT2D eigenvalue weighted by Gasteiger charge is 2.12. The Morgan fingerprint density at radius 2 is 1.86 bits per heavy atom. The third kappa shape index (κ3) is 6.24. The molecule has 0 spiro atoms. The van der Waals surface area contributed by atoms with Crippen LogP contribution in [0.15, 0.2) is 0 Å². The molecule has 6 nitrogen and oxygen atoms in total. The van der Waals surface area contributed by atoms with Crippen LogP contribution in [0.3, 0.4) is 0 Å². The van der Waals surface area contributed by atoms with E-state index in [1.54, 1.807) is 0 Å². The van der Waals surface area contributed by atoms with Crippen LogP contribution in [0.25, 0.3) is 0 Å². The van der Waals surface area contributed by atoms with Crippen molar-refractivity contribution >= 4 is 12.0 Å². The fourth-order valence-electron chi connectivity index (χ4n) is 0.747. The monoisotopic (exact) mass is 204 g/mol. The summed E-state index contributed by atoms with van der Waals surface area (Å²) >= 11 is 0. The van der Waals surface area contributed by atoms with Crippen LogP contribution in [0.2, 0.25) is 0 Å². The number of aliphatic hydroxyl groups is 1. The average Bonchev–Trinajstić information content (AvgIpc) is 2.14. The highest BCUT2D eigenvalue weighted by atomic mass is 16.4. The number of amides is 2. The van der Waals surface area contributed by atoms with Crippen molar-refractivity contribution in [1.82, 2.24) is 10.6 Å². The second-order valence-corrected chi connectivity index (χ2v) is 2.83. The van der Waals surface area contributed by atoms with E-state index in [1.807, 2.05) is 6.92 Å². The molecule has 0 heterocycles. The Hall–Kier alpha value is -1.30. The van der Waals surface area contributed by atoms with Crippen molar-refractivity contribution in [3.05, 3.63) is 0 Å². The Morgan fingerprint density at radius 3 is 2.36 bits per heavy atom. The molecule has 4 N–H and O–H groups in total. The van der Waals surface area contributed by atoms with Gasteiger partial charge < -0.3 is 20.8 Å². The summed E-state index contributed by atoms with van der Waals surface area (Å²) in [7, 11) is 0. The summed E-state index contributed by atoms with van der Waals surface area (Å²) in [5.74, 6) is -1.28. The molecule has 6 heteroatoms. The highest BCUT2D eigenvalue weighted by Crippen LogP contribution is 1.88. The quantitative estimate of drug-likeness (QED) is 0.470. The number of hydrogen-bond acceptors (Lipinski definition) is 3. The maximum atomic E-state index is 10.9. The molecule has 1 unspecified atom stereocenters. The first-order valence-electron chi connectivity index (χ1n) is 4.50. The van der Waals surface area contributed by atoms with Crippen LogP contribution in [0.1, 0.15) is 19.8 Å². The number of carboxylic acid groups (broad SMARTS) is 1. The zero-order chi connectivity index (χ0) is 11.0. The van der Waals surface area contributed by atoms with Crippen LogP contribution >= 0.6 is 0 Å². The first kappa shape index (κ1) is 12.7. The van der Waals surface area contributed by atoms with Crippen molar-refractivity contribution in [2.75, 3.05) is 13.1 Å². The van der Waals surface area contributed by atoms with E-state index in [0.29, 0.717) is 6.54 Å². The smallest absolute Gasteiger partial charge is 0.332 e. The van der Waals surface area contributed by atoms with Gasteiger partial charge in [-0.2, -0.15) is 0 Å². The summed E-state index contributed by atoms with van der Waals surface area (Å²) in [4.78, 5) is 21.1. The average molecular weight is 204 g/mol. The maximum absolute atomic E-state index is 10.9. The van der Waals surface area contributed by atoms with Gasteiger partial charge in [-0.05, 0) is 6.42 Å². The number of carboxylic acids is 1. The van der Waals surface area contributed by atoms with Gasteiger partial charge in [-0.25, -0.2) is 9.59 Å². The van der Waals surface area contributed by atoms with Crippen molar-refractivity contribution in [3.8, 4) is 0 Å². The van der Waals surface area contributed by atoms with E-state index in [1.165, 1.54) is 0 Å². The molecule has 0 aromatic heterocycles. The van der Waals surface area contributed by atoms with Gasteiger partial charge >= 0.3 is 12.0 Å². The maximum Gasteiger partial charge on any atom is 0.332 e. The standard InChI is InChI=1S/C8H16N2O4/c1-2-4-9-8(14)10-5-3-6(11)7(12)13/h6,11H,2-5H2,1H3,(H,12,13)(H2,9,10,14). The lowest BCUT2D eigenvalue weighted by molar-refractivity contribution is -0.146. The second-order valence-electron chi connectivity index (χ2n) is 2.83. The first-order chi connectivity index (χ1) is 6.57. The molecule has 0 fully saturated rings. The molecule has 14 heavy (non-hydrogen) atoms. The van der Waals surface area contributed by atoms with Crippen molar-refractivity contribution in [3.63, 3.8) is 0 Å². The molecule has 82 valence electrons. The lowest BCUT2D eigenvalue weighted by Gasteiger charge is -2.07. The fourth-order valence-corrected chi connectivity index (χ4v) is 0.747. The van der Waals surface area contributed by atoms with Gasteiger partial charge in [0.2, 0.25) is 0 Å². The van der Waals surface area contributed by atoms with Crippen LogP contribution in [0.4, 0.5) is 4.79 Å². The molecule has 0 saturated carbocycles. The Kier molecular flexibility index (Phi) is 6.47. The number of aliphatic carboxylic acids is 1. The van der Waals surface area contributed by atoms with Crippen molar-refractivity contribution in [2.24, 2.45) is 0 Å². The lowest BCUT2D eigenvalue weighted by atomic mass is 10.2. The minimum atomic E-state index is -1.42. The van der Waals surface area contributed by atoms with Crippen molar-refractivity contribution in [2.45, 2.75) is 25.9 Å². The first-order valence-corrected chi connectivity index (χ1v) is 4.50. The van der Waals surface area contributed by atoms with Gasteiger partial charge in [0.1, 0.15) is 0 Å². The fraction of sp³-hybridized carbons (Fsp3) is 0.750. The zero-order valence-corrected chi connectivity index (χ0v) is 8.12. The molecule has 1 atom stereocenters. The van der Waals surface area contributed by atoms with Gasteiger partial charge in [0.15, 0.2) is 6.10 Å². The zero-order valence-electron chi connectivity index (χ0n) is 8.12. The molecule has 0 aromatic rings.